The second-order valence-corrected chi connectivity index (χ2v) is 3.28. The SMILES string of the molecule is Cc1oc(-c2nccn2C)nc1CCl. The minimum atomic E-state index is 0.361. The second-order valence-electron chi connectivity index (χ2n) is 3.02. The molecule has 0 atom stereocenters. The first-order chi connectivity index (χ1) is 6.72. The van der Waals surface area contributed by atoms with E-state index in [4.69, 9.17) is 16.0 Å². The smallest absolute Gasteiger partial charge is 0.263 e. The largest absolute Gasteiger partial charge is 0.439 e. The van der Waals surface area contributed by atoms with Gasteiger partial charge in [0.05, 0.1) is 11.6 Å². The zero-order valence-corrected chi connectivity index (χ0v) is 8.75. The molecule has 0 amide bonds. The lowest BCUT2D eigenvalue weighted by molar-refractivity contribution is 0.533. The Morgan fingerprint density at radius 1 is 1.57 bits per heavy atom. The van der Waals surface area contributed by atoms with Crippen molar-refractivity contribution in [3.8, 4) is 11.7 Å². The topological polar surface area (TPSA) is 43.9 Å². The highest BCUT2D eigenvalue weighted by Gasteiger charge is 2.13. The lowest BCUT2D eigenvalue weighted by atomic mass is 10.4. The molecule has 2 heterocycles. The Balaban J connectivity index is 2.47. The van der Waals surface area contributed by atoms with Crippen molar-refractivity contribution in [2.45, 2.75) is 12.8 Å². The van der Waals surface area contributed by atoms with Crippen molar-refractivity contribution in [3.05, 3.63) is 23.8 Å². The van der Waals surface area contributed by atoms with E-state index < -0.39 is 0 Å². The van der Waals surface area contributed by atoms with Crippen LogP contribution in [0.2, 0.25) is 0 Å². The van der Waals surface area contributed by atoms with Crippen LogP contribution in [-0.2, 0) is 12.9 Å². The van der Waals surface area contributed by atoms with Crippen molar-refractivity contribution in [1.82, 2.24) is 14.5 Å². The van der Waals surface area contributed by atoms with Gasteiger partial charge in [0.1, 0.15) is 5.76 Å². The summed E-state index contributed by atoms with van der Waals surface area (Å²) in [7, 11) is 1.89. The van der Waals surface area contributed by atoms with Gasteiger partial charge in [-0.2, -0.15) is 0 Å². The number of rotatable bonds is 2. The van der Waals surface area contributed by atoms with E-state index in [-0.39, 0.29) is 0 Å². The van der Waals surface area contributed by atoms with Gasteiger partial charge in [0.25, 0.3) is 5.89 Å². The predicted molar refractivity (Wildman–Crippen MR) is 53.0 cm³/mol. The number of aromatic nitrogens is 3. The van der Waals surface area contributed by atoms with E-state index in [1.165, 1.54) is 0 Å². The molecule has 2 rings (SSSR count). The van der Waals surface area contributed by atoms with Crippen LogP contribution in [0.4, 0.5) is 0 Å². The average Bonchev–Trinajstić information content (AvgIpc) is 2.71. The Bertz CT molecular complexity index is 447. The lowest BCUT2D eigenvalue weighted by Crippen LogP contribution is -1.91. The Morgan fingerprint density at radius 3 is 2.86 bits per heavy atom. The lowest BCUT2D eigenvalue weighted by Gasteiger charge is -1.93. The second kappa shape index (κ2) is 3.46. The molecule has 5 heteroatoms. The predicted octanol–water partition coefficient (Wildman–Crippen LogP) is 2.12. The Labute approximate surface area is 86.5 Å². The molecule has 0 spiro atoms. The van der Waals surface area contributed by atoms with Gasteiger partial charge in [-0.1, -0.05) is 0 Å². The first-order valence-corrected chi connectivity index (χ1v) is 4.75. The van der Waals surface area contributed by atoms with Crippen LogP contribution in [0.5, 0.6) is 0 Å². The van der Waals surface area contributed by atoms with E-state index in [1.54, 1.807) is 6.20 Å². The van der Waals surface area contributed by atoms with Crippen LogP contribution in [0.3, 0.4) is 0 Å². The third-order valence-electron chi connectivity index (χ3n) is 2.03. The molecular formula is C9H10ClN3O. The van der Waals surface area contributed by atoms with Gasteiger partial charge in [-0.05, 0) is 6.92 Å². The van der Waals surface area contributed by atoms with E-state index in [1.807, 2.05) is 24.7 Å². The fraction of sp³-hybridized carbons (Fsp3) is 0.333. The van der Waals surface area contributed by atoms with E-state index in [0.29, 0.717) is 17.6 Å². The number of aryl methyl sites for hydroxylation is 2. The summed E-state index contributed by atoms with van der Waals surface area (Å²) >= 11 is 5.70. The maximum absolute atomic E-state index is 5.70. The number of hydrogen-bond acceptors (Lipinski definition) is 3. The fourth-order valence-corrected chi connectivity index (χ4v) is 1.47. The zero-order chi connectivity index (χ0) is 10.1. The van der Waals surface area contributed by atoms with Crippen molar-refractivity contribution >= 4 is 11.6 Å². The molecule has 0 N–H and O–H groups in total. The number of oxazole rings is 1. The summed E-state index contributed by atoms with van der Waals surface area (Å²) in [5.74, 6) is 2.34. The zero-order valence-electron chi connectivity index (χ0n) is 7.99. The molecule has 74 valence electrons. The molecule has 0 saturated carbocycles. The van der Waals surface area contributed by atoms with Crippen LogP contribution in [0, 0.1) is 6.92 Å². The molecule has 0 fully saturated rings. The van der Waals surface area contributed by atoms with Crippen molar-refractivity contribution in [3.63, 3.8) is 0 Å². The van der Waals surface area contributed by atoms with Gasteiger partial charge in [0, 0.05) is 19.4 Å². The highest BCUT2D eigenvalue weighted by molar-refractivity contribution is 6.16. The van der Waals surface area contributed by atoms with Crippen LogP contribution in [0.1, 0.15) is 11.5 Å². The van der Waals surface area contributed by atoms with Crippen LogP contribution in [-0.4, -0.2) is 14.5 Å². The van der Waals surface area contributed by atoms with Crippen molar-refractivity contribution < 1.29 is 4.42 Å². The Morgan fingerprint density at radius 2 is 2.36 bits per heavy atom. The normalized spacial score (nSPS) is 10.8. The van der Waals surface area contributed by atoms with Crippen LogP contribution >= 0.6 is 11.6 Å². The summed E-state index contributed by atoms with van der Waals surface area (Å²) < 4.78 is 7.30. The van der Waals surface area contributed by atoms with Gasteiger partial charge in [-0.25, -0.2) is 9.97 Å². The Kier molecular flexibility index (Phi) is 2.29. The maximum Gasteiger partial charge on any atom is 0.263 e. The van der Waals surface area contributed by atoms with Crippen molar-refractivity contribution in [2.75, 3.05) is 0 Å². The third-order valence-corrected chi connectivity index (χ3v) is 2.28. The molecule has 14 heavy (non-hydrogen) atoms. The Hall–Kier alpha value is -1.29. The molecule has 2 aromatic heterocycles. The van der Waals surface area contributed by atoms with Crippen molar-refractivity contribution in [1.29, 1.82) is 0 Å². The number of hydrogen-bond donors (Lipinski definition) is 0. The van der Waals surface area contributed by atoms with E-state index in [0.717, 1.165) is 11.5 Å². The van der Waals surface area contributed by atoms with Crippen LogP contribution in [0.15, 0.2) is 16.8 Å². The third kappa shape index (κ3) is 1.42. The highest BCUT2D eigenvalue weighted by atomic mass is 35.5. The maximum atomic E-state index is 5.70. The van der Waals surface area contributed by atoms with Gasteiger partial charge in [-0.3, -0.25) is 0 Å². The molecular weight excluding hydrogens is 202 g/mol. The van der Waals surface area contributed by atoms with Gasteiger partial charge in [0.2, 0.25) is 0 Å². The highest BCUT2D eigenvalue weighted by Crippen LogP contribution is 2.20. The quantitative estimate of drug-likeness (QED) is 0.715. The average molecular weight is 212 g/mol. The number of imidazole rings is 1. The summed E-state index contributed by atoms with van der Waals surface area (Å²) in [5.41, 5.74) is 0.768. The van der Waals surface area contributed by atoms with Crippen molar-refractivity contribution in [2.24, 2.45) is 7.05 Å². The monoisotopic (exact) mass is 211 g/mol. The van der Waals surface area contributed by atoms with Crippen LogP contribution < -0.4 is 0 Å². The molecule has 4 nitrogen and oxygen atoms in total. The minimum absolute atomic E-state index is 0.361. The van der Waals surface area contributed by atoms with Gasteiger partial charge >= 0.3 is 0 Å². The van der Waals surface area contributed by atoms with Gasteiger partial charge < -0.3 is 8.98 Å². The molecule has 0 aliphatic carbocycles. The summed E-state index contributed by atoms with van der Waals surface area (Å²) in [6.45, 7) is 1.84. The van der Waals surface area contributed by atoms with E-state index in [9.17, 15) is 0 Å². The molecule has 0 aliphatic rings. The first kappa shape index (κ1) is 9.27. The molecule has 0 saturated heterocycles. The summed E-state index contributed by atoms with van der Waals surface area (Å²) in [6.07, 6.45) is 3.55. The van der Waals surface area contributed by atoms with E-state index >= 15 is 0 Å². The standard InChI is InChI=1S/C9H10ClN3O/c1-6-7(5-10)12-9(14-6)8-11-3-4-13(8)2/h3-4H,5H2,1-2H3. The summed E-state index contributed by atoms with van der Waals surface area (Å²) in [4.78, 5) is 8.39. The molecule has 2 aromatic rings. The number of halogens is 1. The molecule has 0 radical (unpaired) electrons. The molecule has 0 bridgehead atoms. The number of alkyl halides is 1. The van der Waals surface area contributed by atoms with Gasteiger partial charge in [-0.15, -0.1) is 11.6 Å². The van der Waals surface area contributed by atoms with Crippen LogP contribution in [0.25, 0.3) is 11.7 Å². The summed E-state index contributed by atoms with van der Waals surface area (Å²) in [6, 6.07) is 0. The summed E-state index contributed by atoms with van der Waals surface area (Å²) in [5, 5.41) is 0. The van der Waals surface area contributed by atoms with E-state index in [2.05, 4.69) is 9.97 Å². The first-order valence-electron chi connectivity index (χ1n) is 4.22. The van der Waals surface area contributed by atoms with Gasteiger partial charge in [0.15, 0.2) is 5.82 Å². The molecule has 0 aromatic carbocycles. The minimum Gasteiger partial charge on any atom is -0.439 e. The number of nitrogens with zero attached hydrogens (tertiary/aromatic N) is 3. The fourth-order valence-electron chi connectivity index (χ4n) is 1.22. The molecule has 0 unspecified atom stereocenters. The molecule has 0 aliphatic heterocycles.